The van der Waals surface area contributed by atoms with E-state index < -0.39 is 0 Å². The number of hydrogen-bond donors (Lipinski definition) is 0. The zero-order chi connectivity index (χ0) is 14.6. The van der Waals surface area contributed by atoms with E-state index >= 15 is 0 Å². The van der Waals surface area contributed by atoms with E-state index in [2.05, 4.69) is 52.8 Å². The molecule has 1 atom stereocenters. The molecule has 0 aliphatic carbocycles. The molecule has 0 aliphatic heterocycles. The molecule has 0 bridgehead atoms. The van der Waals surface area contributed by atoms with E-state index in [1.807, 2.05) is 17.7 Å². The van der Waals surface area contributed by atoms with Crippen LogP contribution in [0.2, 0.25) is 0 Å². The molecule has 0 spiro atoms. The van der Waals surface area contributed by atoms with E-state index in [0.717, 1.165) is 6.42 Å². The Morgan fingerprint density at radius 2 is 1.78 bits per heavy atom. The molecule has 0 rings (SSSR count). The van der Waals surface area contributed by atoms with Crippen LogP contribution >= 0.6 is 21.6 Å². The predicted octanol–water partition coefficient (Wildman–Crippen LogP) is 4.45. The fourth-order valence-corrected chi connectivity index (χ4v) is 4.40. The van der Waals surface area contributed by atoms with Gasteiger partial charge in [0, 0.05) is 17.4 Å². The van der Waals surface area contributed by atoms with Crippen molar-refractivity contribution >= 4 is 27.4 Å². The summed E-state index contributed by atoms with van der Waals surface area (Å²) in [7, 11) is 5.81. The number of rotatable bonds is 8. The average Bonchev–Trinajstić information content (AvgIpc) is 2.25. The van der Waals surface area contributed by atoms with Crippen molar-refractivity contribution in [2.45, 2.75) is 65.3 Å². The highest BCUT2D eigenvalue weighted by atomic mass is 33.1. The fraction of sp³-hybridized carbons (Fsp3) is 0.929. The van der Waals surface area contributed by atoms with Crippen molar-refractivity contribution in [3.8, 4) is 0 Å². The van der Waals surface area contributed by atoms with Gasteiger partial charge in [-0.15, -0.1) is 0 Å². The van der Waals surface area contributed by atoms with Gasteiger partial charge in [0.2, 0.25) is 0 Å². The van der Waals surface area contributed by atoms with E-state index in [1.165, 1.54) is 0 Å². The van der Waals surface area contributed by atoms with Gasteiger partial charge in [-0.3, -0.25) is 9.69 Å². The summed E-state index contributed by atoms with van der Waals surface area (Å²) in [4.78, 5) is 14.4. The maximum atomic E-state index is 12.0. The summed E-state index contributed by atoms with van der Waals surface area (Å²) in [5, 5.41) is 0.447. The molecule has 108 valence electrons. The third-order valence-corrected chi connectivity index (χ3v) is 5.89. The van der Waals surface area contributed by atoms with Gasteiger partial charge in [0.25, 0.3) is 0 Å². The minimum absolute atomic E-state index is 0.0243. The van der Waals surface area contributed by atoms with Crippen molar-refractivity contribution in [3.05, 3.63) is 0 Å². The first-order chi connectivity index (χ1) is 8.08. The van der Waals surface area contributed by atoms with Gasteiger partial charge in [-0.25, -0.2) is 0 Å². The average molecular weight is 292 g/mol. The second-order valence-electron chi connectivity index (χ2n) is 6.12. The Morgan fingerprint density at radius 3 is 2.17 bits per heavy atom. The molecule has 0 fully saturated rings. The molecular weight excluding hydrogens is 262 g/mol. The molecule has 0 aromatic heterocycles. The highest BCUT2D eigenvalue weighted by Crippen LogP contribution is 2.36. The number of nitrogens with zero attached hydrogens (tertiary/aromatic N) is 1. The first-order valence-corrected chi connectivity index (χ1v) is 9.16. The van der Waals surface area contributed by atoms with Crippen LogP contribution in [0.3, 0.4) is 0 Å². The molecule has 0 radical (unpaired) electrons. The molecule has 18 heavy (non-hydrogen) atoms. The summed E-state index contributed by atoms with van der Waals surface area (Å²) in [6, 6.07) is 0. The van der Waals surface area contributed by atoms with Crippen LogP contribution in [0.1, 0.15) is 54.4 Å². The maximum absolute atomic E-state index is 12.0. The summed E-state index contributed by atoms with van der Waals surface area (Å²) in [6.45, 7) is 12.8. The SMILES string of the molecule is CCC(=O)C(C)(C)CC(C)(C)N(C)C(C)SSC. The normalized spacial score (nSPS) is 14.9. The summed E-state index contributed by atoms with van der Waals surface area (Å²) in [6.07, 6.45) is 3.62. The number of carbonyl (C=O) groups excluding carboxylic acids is 1. The fourth-order valence-electron chi connectivity index (χ4n) is 2.48. The summed E-state index contributed by atoms with van der Waals surface area (Å²) in [5.41, 5.74) is -0.216. The summed E-state index contributed by atoms with van der Waals surface area (Å²) < 4.78 is 0. The monoisotopic (exact) mass is 291 g/mol. The van der Waals surface area contributed by atoms with E-state index in [1.54, 1.807) is 10.8 Å². The van der Waals surface area contributed by atoms with Crippen LogP contribution in [0.4, 0.5) is 0 Å². The maximum Gasteiger partial charge on any atom is 0.138 e. The van der Waals surface area contributed by atoms with Crippen molar-refractivity contribution in [1.82, 2.24) is 4.90 Å². The Bertz CT molecular complexity index is 277. The molecule has 0 heterocycles. The smallest absolute Gasteiger partial charge is 0.138 e. The van der Waals surface area contributed by atoms with Crippen LogP contribution in [0.15, 0.2) is 0 Å². The van der Waals surface area contributed by atoms with Crippen molar-refractivity contribution in [1.29, 1.82) is 0 Å². The lowest BCUT2D eigenvalue weighted by molar-refractivity contribution is -0.128. The van der Waals surface area contributed by atoms with Crippen molar-refractivity contribution in [2.24, 2.45) is 5.41 Å². The lowest BCUT2D eigenvalue weighted by atomic mass is 9.75. The molecule has 0 aromatic rings. The molecule has 0 aliphatic rings. The predicted molar refractivity (Wildman–Crippen MR) is 86.1 cm³/mol. The summed E-state index contributed by atoms with van der Waals surface area (Å²) >= 11 is 0. The third-order valence-electron chi connectivity index (χ3n) is 3.69. The summed E-state index contributed by atoms with van der Waals surface area (Å²) in [5.74, 6) is 0.356. The lowest BCUT2D eigenvalue weighted by Crippen LogP contribution is -2.48. The number of Topliss-reactive ketones (excluding diaryl/α,β-unsaturated/α-hetero) is 1. The largest absolute Gasteiger partial charge is 0.299 e. The Kier molecular flexibility index (Phi) is 7.33. The van der Waals surface area contributed by atoms with Gasteiger partial charge in [0.1, 0.15) is 5.78 Å². The highest BCUT2D eigenvalue weighted by molar-refractivity contribution is 8.76. The molecule has 0 aromatic carbocycles. The Balaban J connectivity index is 4.78. The molecule has 2 nitrogen and oxygen atoms in total. The molecular formula is C14H29NOS2. The van der Waals surface area contributed by atoms with E-state index in [0.29, 0.717) is 17.6 Å². The molecule has 0 saturated heterocycles. The van der Waals surface area contributed by atoms with E-state index in [-0.39, 0.29) is 11.0 Å². The van der Waals surface area contributed by atoms with Gasteiger partial charge < -0.3 is 0 Å². The molecule has 1 unspecified atom stereocenters. The van der Waals surface area contributed by atoms with Crippen LogP contribution in [0, 0.1) is 5.41 Å². The number of ketones is 1. The van der Waals surface area contributed by atoms with Crippen molar-refractivity contribution < 1.29 is 4.79 Å². The standard InChI is InChI=1S/C14H29NOS2/c1-9-12(16)13(3,4)10-14(5,6)15(7)11(2)18-17-8/h11H,9-10H2,1-8H3. The molecule has 0 N–H and O–H groups in total. The second kappa shape index (κ2) is 7.20. The quantitative estimate of drug-likeness (QED) is 0.486. The first-order valence-electron chi connectivity index (χ1n) is 6.54. The van der Waals surface area contributed by atoms with Gasteiger partial charge in [-0.05, 0) is 40.5 Å². The lowest BCUT2D eigenvalue weighted by Gasteiger charge is -2.43. The van der Waals surface area contributed by atoms with Crippen LogP contribution in [0.5, 0.6) is 0 Å². The zero-order valence-corrected chi connectivity index (χ0v) is 14.8. The second-order valence-corrected chi connectivity index (χ2v) is 8.91. The zero-order valence-electron chi connectivity index (χ0n) is 13.2. The van der Waals surface area contributed by atoms with Gasteiger partial charge in [0.05, 0.1) is 5.37 Å². The Labute approximate surface area is 121 Å². The van der Waals surface area contributed by atoms with E-state index in [9.17, 15) is 4.79 Å². The van der Waals surface area contributed by atoms with Crippen LogP contribution in [-0.2, 0) is 4.79 Å². The Hall–Kier alpha value is 0.330. The Morgan fingerprint density at radius 1 is 1.28 bits per heavy atom. The van der Waals surface area contributed by atoms with Crippen LogP contribution in [-0.4, -0.2) is 34.9 Å². The molecule has 0 saturated carbocycles. The minimum atomic E-state index is -0.240. The van der Waals surface area contributed by atoms with Gasteiger partial charge in [-0.1, -0.05) is 42.4 Å². The molecule has 0 amide bonds. The third kappa shape index (κ3) is 5.14. The van der Waals surface area contributed by atoms with Gasteiger partial charge >= 0.3 is 0 Å². The molecule has 4 heteroatoms. The van der Waals surface area contributed by atoms with Crippen LogP contribution in [0.25, 0.3) is 0 Å². The van der Waals surface area contributed by atoms with Crippen LogP contribution < -0.4 is 0 Å². The number of carbonyl (C=O) groups is 1. The highest BCUT2D eigenvalue weighted by Gasteiger charge is 2.37. The van der Waals surface area contributed by atoms with Gasteiger partial charge in [-0.2, -0.15) is 0 Å². The van der Waals surface area contributed by atoms with Crippen molar-refractivity contribution in [2.75, 3.05) is 13.3 Å². The first kappa shape index (κ1) is 18.3. The van der Waals surface area contributed by atoms with Crippen molar-refractivity contribution in [3.63, 3.8) is 0 Å². The minimum Gasteiger partial charge on any atom is -0.299 e. The van der Waals surface area contributed by atoms with E-state index in [4.69, 9.17) is 0 Å². The van der Waals surface area contributed by atoms with Gasteiger partial charge in [0.15, 0.2) is 0 Å². The number of hydrogen-bond acceptors (Lipinski definition) is 4. The topological polar surface area (TPSA) is 20.3 Å².